The number of para-hydroxylation sites is 1. The highest BCUT2D eigenvalue weighted by Crippen LogP contribution is 2.24. The molecule has 0 aliphatic carbocycles. The van der Waals surface area contributed by atoms with Crippen molar-refractivity contribution in [3.63, 3.8) is 0 Å². The maximum Gasteiger partial charge on any atom is 0.101 e. The lowest BCUT2D eigenvalue weighted by Crippen LogP contribution is -2.01. The molecule has 0 amide bonds. The zero-order valence-electron chi connectivity index (χ0n) is 9.53. The van der Waals surface area contributed by atoms with Gasteiger partial charge in [0.05, 0.1) is 15.1 Å². The van der Waals surface area contributed by atoms with Crippen molar-refractivity contribution < 1.29 is 5.21 Å². The first-order chi connectivity index (χ1) is 8.91. The molecule has 0 heterocycles. The van der Waals surface area contributed by atoms with E-state index < -0.39 is 0 Å². The van der Waals surface area contributed by atoms with Crippen molar-refractivity contribution in [2.24, 2.45) is 0 Å². The molecule has 102 valence electrons. The monoisotopic (exact) mass is 338 g/mol. The van der Waals surface area contributed by atoms with Crippen LogP contribution in [0.4, 0.5) is 11.4 Å². The van der Waals surface area contributed by atoms with Crippen LogP contribution in [-0.4, -0.2) is 5.21 Å². The normalized spacial score (nSPS) is 9.53. The minimum absolute atomic E-state index is 0.380. The predicted octanol–water partition coefficient (Wildman–Crippen LogP) is 5.27. The van der Waals surface area contributed by atoms with Gasteiger partial charge in [0.1, 0.15) is 5.69 Å². The average Bonchev–Trinajstić information content (AvgIpc) is 2.35. The highest BCUT2D eigenvalue weighted by molar-refractivity contribution is 6.42. The molecule has 0 aliphatic rings. The van der Waals surface area contributed by atoms with E-state index in [0.717, 1.165) is 0 Å². The minimum Gasteiger partial charge on any atom is -0.399 e. The predicted molar refractivity (Wildman–Crippen MR) is 82.4 cm³/mol. The van der Waals surface area contributed by atoms with Crippen LogP contribution in [-0.2, 0) is 0 Å². The van der Waals surface area contributed by atoms with Crippen LogP contribution in [0.2, 0.25) is 15.1 Å². The van der Waals surface area contributed by atoms with Gasteiger partial charge in [-0.05, 0) is 30.3 Å². The Morgan fingerprint density at radius 3 is 1.95 bits per heavy atom. The van der Waals surface area contributed by atoms with Crippen molar-refractivity contribution in [3.05, 3.63) is 57.5 Å². The van der Waals surface area contributed by atoms with E-state index in [9.17, 15) is 0 Å². The fourth-order valence-electron chi connectivity index (χ4n) is 1.11. The molecular formula is C12H10Cl4N2O. The molecular weight excluding hydrogens is 330 g/mol. The number of hydrogen-bond donors (Lipinski definition) is 2. The molecule has 3 N–H and O–H groups in total. The molecule has 0 unspecified atom stereocenters. The molecule has 2 aromatic carbocycles. The van der Waals surface area contributed by atoms with E-state index in [1.54, 1.807) is 42.5 Å². The van der Waals surface area contributed by atoms with Crippen molar-refractivity contribution >= 4 is 58.0 Å². The van der Waals surface area contributed by atoms with E-state index in [2.05, 4.69) is 0 Å². The molecule has 0 radical (unpaired) electrons. The summed E-state index contributed by atoms with van der Waals surface area (Å²) in [4.78, 5) is 0. The Balaban J connectivity index is 0.000000191. The summed E-state index contributed by atoms with van der Waals surface area (Å²) in [6.07, 6.45) is 0. The highest BCUT2D eigenvalue weighted by atomic mass is 35.5. The molecule has 3 nitrogen and oxygen atoms in total. The first-order valence-electron chi connectivity index (χ1n) is 5.01. The summed E-state index contributed by atoms with van der Waals surface area (Å²) in [6.45, 7) is 0. The number of nitrogens with zero attached hydrogens (tertiary/aromatic N) is 1. The van der Waals surface area contributed by atoms with Crippen LogP contribution in [0, 0.1) is 0 Å². The second kappa shape index (κ2) is 7.68. The molecule has 0 bridgehead atoms. The molecule has 0 saturated heterocycles. The zero-order chi connectivity index (χ0) is 14.4. The van der Waals surface area contributed by atoms with Crippen LogP contribution in [0.1, 0.15) is 0 Å². The Morgan fingerprint density at radius 2 is 1.53 bits per heavy atom. The largest absolute Gasteiger partial charge is 0.399 e. The molecule has 0 fully saturated rings. The lowest BCUT2D eigenvalue weighted by atomic mass is 10.3. The fraction of sp³-hybridized carbons (Fsp3) is 0. The second-order valence-electron chi connectivity index (χ2n) is 3.39. The van der Waals surface area contributed by atoms with Gasteiger partial charge < -0.3 is 5.73 Å². The van der Waals surface area contributed by atoms with Gasteiger partial charge in [-0.3, -0.25) is 5.21 Å². The molecule has 0 spiro atoms. The quantitative estimate of drug-likeness (QED) is 0.423. The van der Waals surface area contributed by atoms with Crippen LogP contribution in [0.3, 0.4) is 0 Å². The van der Waals surface area contributed by atoms with E-state index in [0.29, 0.717) is 31.0 Å². The number of rotatable bonds is 1. The second-order valence-corrected chi connectivity index (χ2v) is 4.93. The van der Waals surface area contributed by atoms with Crippen LogP contribution in [0.25, 0.3) is 0 Å². The number of nitrogen functional groups attached to an aromatic ring is 1. The Kier molecular flexibility index (Phi) is 6.55. The van der Waals surface area contributed by atoms with Crippen LogP contribution >= 0.6 is 46.6 Å². The molecule has 2 rings (SSSR count). The Labute approximate surface area is 131 Å². The van der Waals surface area contributed by atoms with Gasteiger partial charge in [0.25, 0.3) is 0 Å². The maximum absolute atomic E-state index is 8.72. The Hall–Kier alpha value is -0.840. The van der Waals surface area contributed by atoms with Gasteiger partial charge in [0, 0.05) is 17.5 Å². The van der Waals surface area contributed by atoms with Crippen LogP contribution in [0.5, 0.6) is 0 Å². The molecule has 0 atom stereocenters. The minimum atomic E-state index is 0.380. The summed E-state index contributed by atoms with van der Waals surface area (Å²) >= 11 is 22.0. The topological polar surface area (TPSA) is 49.5 Å². The third-order valence-electron chi connectivity index (χ3n) is 1.99. The van der Waals surface area contributed by atoms with Crippen molar-refractivity contribution in [1.82, 2.24) is 0 Å². The number of anilines is 2. The summed E-state index contributed by atoms with van der Waals surface area (Å²) in [6, 6.07) is 11.7. The molecule has 0 saturated carbocycles. The van der Waals surface area contributed by atoms with Gasteiger partial charge in [0.15, 0.2) is 0 Å². The zero-order valence-corrected chi connectivity index (χ0v) is 12.5. The Morgan fingerprint density at radius 1 is 0.895 bits per heavy atom. The maximum atomic E-state index is 8.72. The molecule has 2 aromatic rings. The summed E-state index contributed by atoms with van der Waals surface area (Å²) < 4.78 is 0.461. The van der Waals surface area contributed by atoms with Gasteiger partial charge in [-0.25, -0.2) is 0 Å². The third kappa shape index (κ3) is 5.35. The fourth-order valence-corrected chi connectivity index (χ4v) is 1.83. The standard InChI is InChI=1S/C6H5Cl2NO.C6H5Cl2N/c7-5-3-1-2-4-6(5)9(8)10;7-5-2-1-4(9)3-6(5)8/h1-4,10H;1-3H,9H2. The van der Waals surface area contributed by atoms with Gasteiger partial charge in [-0.2, -0.15) is 4.58 Å². The van der Waals surface area contributed by atoms with Crippen LogP contribution < -0.4 is 10.3 Å². The molecule has 19 heavy (non-hydrogen) atoms. The van der Waals surface area contributed by atoms with Gasteiger partial charge in [-0.1, -0.05) is 46.9 Å². The summed E-state index contributed by atoms with van der Waals surface area (Å²) in [5.74, 6) is 0. The van der Waals surface area contributed by atoms with Gasteiger partial charge >= 0.3 is 0 Å². The summed E-state index contributed by atoms with van der Waals surface area (Å²) in [7, 11) is 0. The third-order valence-corrected chi connectivity index (χ3v) is 3.24. The van der Waals surface area contributed by atoms with E-state index in [1.165, 1.54) is 0 Å². The molecule has 0 aromatic heterocycles. The van der Waals surface area contributed by atoms with E-state index in [-0.39, 0.29) is 0 Å². The molecule has 7 heteroatoms. The van der Waals surface area contributed by atoms with Gasteiger partial charge in [0.2, 0.25) is 0 Å². The van der Waals surface area contributed by atoms with E-state index >= 15 is 0 Å². The van der Waals surface area contributed by atoms with Crippen molar-refractivity contribution in [2.45, 2.75) is 0 Å². The van der Waals surface area contributed by atoms with Crippen molar-refractivity contribution in [1.29, 1.82) is 0 Å². The number of benzene rings is 2. The first kappa shape index (κ1) is 16.2. The highest BCUT2D eigenvalue weighted by Gasteiger charge is 2.02. The van der Waals surface area contributed by atoms with E-state index in [4.69, 9.17) is 57.5 Å². The average molecular weight is 340 g/mol. The lowest BCUT2D eigenvalue weighted by Gasteiger charge is -2.06. The van der Waals surface area contributed by atoms with E-state index in [1.807, 2.05) is 0 Å². The SMILES string of the molecule is Nc1ccc(Cl)c(Cl)c1.ON(Cl)c1ccccc1Cl. The Bertz CT molecular complexity index is 549. The van der Waals surface area contributed by atoms with Crippen molar-refractivity contribution in [3.8, 4) is 0 Å². The number of nitrogens with two attached hydrogens (primary N) is 1. The molecule has 0 aliphatic heterocycles. The first-order valence-corrected chi connectivity index (χ1v) is 6.49. The summed E-state index contributed by atoms with van der Waals surface area (Å²) in [5, 5.41) is 10.2. The van der Waals surface area contributed by atoms with Crippen molar-refractivity contribution in [2.75, 3.05) is 10.3 Å². The number of halogens is 4. The van der Waals surface area contributed by atoms with Gasteiger partial charge in [-0.15, -0.1) is 0 Å². The number of hydrogen-bond acceptors (Lipinski definition) is 3. The smallest absolute Gasteiger partial charge is 0.101 e. The van der Waals surface area contributed by atoms with Crippen LogP contribution in [0.15, 0.2) is 42.5 Å². The summed E-state index contributed by atoms with van der Waals surface area (Å²) in [5.41, 5.74) is 6.39. The lowest BCUT2D eigenvalue weighted by molar-refractivity contribution is 0.326.